The summed E-state index contributed by atoms with van der Waals surface area (Å²) in [7, 11) is 0. The van der Waals surface area contributed by atoms with E-state index in [-0.39, 0.29) is 12.3 Å². The quantitative estimate of drug-likeness (QED) is 0.601. The van der Waals surface area contributed by atoms with Crippen molar-refractivity contribution in [3.05, 3.63) is 0 Å². The van der Waals surface area contributed by atoms with Gasteiger partial charge in [-0.05, 0) is 19.1 Å². The van der Waals surface area contributed by atoms with Crippen LogP contribution in [0.5, 0.6) is 0 Å². The van der Waals surface area contributed by atoms with Gasteiger partial charge in [-0.3, -0.25) is 9.59 Å². The molecule has 0 atom stereocenters. The lowest BCUT2D eigenvalue weighted by atomic mass is 10.2. The van der Waals surface area contributed by atoms with E-state index in [0.717, 1.165) is 6.42 Å². The standard InChI is InChI=1S/C8H15NO3S/c1-13-6-7(10)9-5-3-2-4-8(11)12/h2-6H2,1H3,(H,9,10)(H,11,12). The van der Waals surface area contributed by atoms with Gasteiger partial charge in [0.1, 0.15) is 0 Å². The van der Waals surface area contributed by atoms with Crippen LogP contribution in [0.2, 0.25) is 0 Å². The predicted octanol–water partition coefficient (Wildman–Crippen LogP) is 0.721. The Labute approximate surface area is 82.1 Å². The Bertz CT molecular complexity index is 173. The van der Waals surface area contributed by atoms with Crippen LogP contribution in [-0.2, 0) is 9.59 Å². The van der Waals surface area contributed by atoms with Crippen molar-refractivity contribution in [1.29, 1.82) is 0 Å². The van der Waals surface area contributed by atoms with Gasteiger partial charge < -0.3 is 10.4 Å². The Morgan fingerprint density at radius 3 is 2.62 bits per heavy atom. The summed E-state index contributed by atoms with van der Waals surface area (Å²) in [5.74, 6) is -0.294. The van der Waals surface area contributed by atoms with Crippen LogP contribution in [0.3, 0.4) is 0 Å². The van der Waals surface area contributed by atoms with Crippen LogP contribution < -0.4 is 5.32 Å². The maximum absolute atomic E-state index is 10.9. The molecule has 0 aliphatic heterocycles. The molecule has 5 heteroatoms. The lowest BCUT2D eigenvalue weighted by Crippen LogP contribution is -2.26. The first-order valence-corrected chi connectivity index (χ1v) is 5.53. The van der Waals surface area contributed by atoms with Crippen molar-refractivity contribution in [2.24, 2.45) is 0 Å². The second-order valence-corrected chi connectivity index (χ2v) is 3.50. The van der Waals surface area contributed by atoms with Crippen LogP contribution in [0.25, 0.3) is 0 Å². The van der Waals surface area contributed by atoms with Gasteiger partial charge in [-0.25, -0.2) is 0 Å². The first kappa shape index (κ1) is 12.3. The van der Waals surface area contributed by atoms with Crippen molar-refractivity contribution in [1.82, 2.24) is 5.32 Å². The molecular formula is C8H15NO3S. The molecule has 0 spiro atoms. The van der Waals surface area contributed by atoms with Gasteiger partial charge in [-0.15, -0.1) is 0 Å². The van der Waals surface area contributed by atoms with Crippen molar-refractivity contribution in [2.45, 2.75) is 19.3 Å². The summed E-state index contributed by atoms with van der Waals surface area (Å²) >= 11 is 1.47. The van der Waals surface area contributed by atoms with E-state index in [2.05, 4.69) is 5.32 Å². The van der Waals surface area contributed by atoms with Gasteiger partial charge in [-0.2, -0.15) is 11.8 Å². The fourth-order valence-corrected chi connectivity index (χ4v) is 1.18. The number of amides is 1. The molecule has 13 heavy (non-hydrogen) atoms. The normalized spacial score (nSPS) is 9.62. The van der Waals surface area contributed by atoms with Crippen molar-refractivity contribution in [3.8, 4) is 0 Å². The Kier molecular flexibility index (Phi) is 7.48. The Hall–Kier alpha value is -0.710. The first-order chi connectivity index (χ1) is 6.16. The monoisotopic (exact) mass is 205 g/mol. The van der Waals surface area contributed by atoms with Crippen LogP contribution in [0, 0.1) is 0 Å². The molecule has 2 N–H and O–H groups in total. The van der Waals surface area contributed by atoms with E-state index in [1.54, 1.807) is 0 Å². The maximum atomic E-state index is 10.9. The van der Waals surface area contributed by atoms with E-state index >= 15 is 0 Å². The number of carbonyl (C=O) groups is 2. The molecule has 0 radical (unpaired) electrons. The molecule has 1 amide bonds. The summed E-state index contributed by atoms with van der Waals surface area (Å²) in [6.45, 7) is 0.576. The lowest BCUT2D eigenvalue weighted by Gasteiger charge is -2.02. The van der Waals surface area contributed by atoms with Crippen LogP contribution in [0.4, 0.5) is 0 Å². The van der Waals surface area contributed by atoms with Gasteiger partial charge in [0, 0.05) is 13.0 Å². The summed E-state index contributed by atoms with van der Waals surface area (Å²) in [5, 5.41) is 11.0. The molecule has 4 nitrogen and oxygen atoms in total. The molecule has 0 aliphatic carbocycles. The minimum atomic E-state index is -0.782. The molecule has 76 valence electrons. The van der Waals surface area contributed by atoms with E-state index in [0.29, 0.717) is 18.7 Å². The highest BCUT2D eigenvalue weighted by atomic mass is 32.2. The fourth-order valence-electron chi connectivity index (χ4n) is 0.811. The summed E-state index contributed by atoms with van der Waals surface area (Å²) < 4.78 is 0. The molecule has 0 aromatic rings. The molecular weight excluding hydrogens is 190 g/mol. The van der Waals surface area contributed by atoms with Crippen molar-refractivity contribution < 1.29 is 14.7 Å². The number of hydrogen-bond acceptors (Lipinski definition) is 3. The number of rotatable bonds is 7. The van der Waals surface area contributed by atoms with E-state index in [1.165, 1.54) is 11.8 Å². The Morgan fingerprint density at radius 2 is 2.08 bits per heavy atom. The third kappa shape index (κ3) is 9.20. The number of carboxylic acid groups (broad SMARTS) is 1. The Balaban J connectivity index is 3.16. The highest BCUT2D eigenvalue weighted by molar-refractivity contribution is 7.99. The van der Waals surface area contributed by atoms with E-state index in [4.69, 9.17) is 5.11 Å². The lowest BCUT2D eigenvalue weighted by molar-refractivity contribution is -0.137. The van der Waals surface area contributed by atoms with E-state index in [9.17, 15) is 9.59 Å². The molecule has 0 saturated carbocycles. The summed E-state index contributed by atoms with van der Waals surface area (Å²) in [6.07, 6.45) is 3.39. The van der Waals surface area contributed by atoms with E-state index < -0.39 is 5.97 Å². The average molecular weight is 205 g/mol. The molecule has 0 saturated heterocycles. The molecule has 0 aliphatic rings. The first-order valence-electron chi connectivity index (χ1n) is 4.14. The van der Waals surface area contributed by atoms with Crippen LogP contribution in [0.1, 0.15) is 19.3 Å². The number of hydrogen-bond donors (Lipinski definition) is 2. The third-order valence-corrected chi connectivity index (χ3v) is 1.97. The van der Waals surface area contributed by atoms with Gasteiger partial charge in [0.05, 0.1) is 5.75 Å². The topological polar surface area (TPSA) is 66.4 Å². The highest BCUT2D eigenvalue weighted by Gasteiger charge is 1.99. The third-order valence-electron chi connectivity index (χ3n) is 1.42. The van der Waals surface area contributed by atoms with Crippen LogP contribution >= 0.6 is 11.8 Å². The zero-order valence-electron chi connectivity index (χ0n) is 7.71. The van der Waals surface area contributed by atoms with Crippen molar-refractivity contribution in [3.63, 3.8) is 0 Å². The zero-order valence-corrected chi connectivity index (χ0v) is 8.52. The van der Waals surface area contributed by atoms with Crippen LogP contribution in [0.15, 0.2) is 0 Å². The minimum Gasteiger partial charge on any atom is -0.481 e. The second-order valence-electron chi connectivity index (χ2n) is 2.63. The molecule has 0 bridgehead atoms. The summed E-state index contributed by atoms with van der Waals surface area (Å²) in [5.41, 5.74) is 0. The van der Waals surface area contributed by atoms with Gasteiger partial charge in [0.25, 0.3) is 0 Å². The van der Waals surface area contributed by atoms with Gasteiger partial charge in [-0.1, -0.05) is 0 Å². The predicted molar refractivity (Wildman–Crippen MR) is 52.9 cm³/mol. The Morgan fingerprint density at radius 1 is 1.38 bits per heavy atom. The summed E-state index contributed by atoms with van der Waals surface area (Å²) in [6, 6.07) is 0. The van der Waals surface area contributed by atoms with Gasteiger partial charge >= 0.3 is 5.97 Å². The van der Waals surface area contributed by atoms with E-state index in [1.807, 2.05) is 6.26 Å². The number of thioether (sulfide) groups is 1. The molecule has 0 rings (SSSR count). The molecule has 0 heterocycles. The maximum Gasteiger partial charge on any atom is 0.303 e. The van der Waals surface area contributed by atoms with Crippen molar-refractivity contribution in [2.75, 3.05) is 18.6 Å². The molecule has 0 aromatic carbocycles. The smallest absolute Gasteiger partial charge is 0.303 e. The molecule has 0 fully saturated rings. The van der Waals surface area contributed by atoms with Crippen LogP contribution in [-0.4, -0.2) is 35.5 Å². The largest absolute Gasteiger partial charge is 0.481 e. The number of carboxylic acids is 1. The second kappa shape index (κ2) is 7.91. The fraction of sp³-hybridized carbons (Fsp3) is 0.750. The minimum absolute atomic E-state index is 0.0165. The highest BCUT2D eigenvalue weighted by Crippen LogP contribution is 1.94. The number of carbonyl (C=O) groups excluding carboxylic acids is 1. The number of unbranched alkanes of at least 4 members (excludes halogenated alkanes) is 1. The van der Waals surface area contributed by atoms with Gasteiger partial charge in [0.2, 0.25) is 5.91 Å². The van der Waals surface area contributed by atoms with Crippen molar-refractivity contribution >= 4 is 23.6 Å². The molecule has 0 unspecified atom stereocenters. The SMILES string of the molecule is CSCC(=O)NCCCCC(=O)O. The number of nitrogens with one attached hydrogen (secondary N) is 1. The number of aliphatic carboxylic acids is 1. The van der Waals surface area contributed by atoms with Gasteiger partial charge in [0.15, 0.2) is 0 Å². The summed E-state index contributed by atoms with van der Waals surface area (Å²) in [4.78, 5) is 21.0. The average Bonchev–Trinajstić information content (AvgIpc) is 2.03. The molecule has 0 aromatic heterocycles. The zero-order chi connectivity index (χ0) is 10.1.